The minimum Gasteiger partial charge on any atom is -0.492 e. The van der Waals surface area contributed by atoms with Gasteiger partial charge in [-0.1, -0.05) is 6.92 Å². The van der Waals surface area contributed by atoms with Gasteiger partial charge in [-0.05, 0) is 24.3 Å². The Morgan fingerprint density at radius 2 is 2.00 bits per heavy atom. The molecule has 5 nitrogen and oxygen atoms in total. The van der Waals surface area contributed by atoms with Crippen molar-refractivity contribution in [1.29, 1.82) is 0 Å². The molecule has 1 atom stereocenters. The standard InChI is InChI=1S/C13H19NO4S/c1-2-19(17)10-8-14-7-9-18-12-5-3-11(4-6-12)13(15)16/h3-6,14H,2,7-10H2,1H3,(H,15,16). The molecule has 0 heterocycles. The number of carboxylic acid groups (broad SMARTS) is 1. The van der Waals surface area contributed by atoms with Gasteiger partial charge in [0, 0.05) is 35.4 Å². The Balaban J connectivity index is 2.15. The predicted molar refractivity (Wildman–Crippen MR) is 75.3 cm³/mol. The third-order valence-electron chi connectivity index (χ3n) is 2.48. The molecule has 0 saturated heterocycles. The first-order chi connectivity index (χ1) is 9.13. The summed E-state index contributed by atoms with van der Waals surface area (Å²) in [6, 6.07) is 6.29. The van der Waals surface area contributed by atoms with Gasteiger partial charge in [-0.25, -0.2) is 4.79 Å². The Hall–Kier alpha value is -1.40. The van der Waals surface area contributed by atoms with E-state index in [2.05, 4.69) is 5.32 Å². The summed E-state index contributed by atoms with van der Waals surface area (Å²) in [5.74, 6) is 1.04. The molecule has 2 N–H and O–H groups in total. The monoisotopic (exact) mass is 285 g/mol. The topological polar surface area (TPSA) is 75.6 Å². The van der Waals surface area contributed by atoms with Crippen LogP contribution in [0, 0.1) is 0 Å². The predicted octanol–water partition coefficient (Wildman–Crippen LogP) is 1.12. The van der Waals surface area contributed by atoms with Crippen molar-refractivity contribution >= 4 is 16.8 Å². The molecule has 0 spiro atoms. The van der Waals surface area contributed by atoms with E-state index in [1.807, 2.05) is 6.92 Å². The minimum atomic E-state index is -0.947. The number of rotatable bonds is 9. The Morgan fingerprint density at radius 3 is 2.58 bits per heavy atom. The van der Waals surface area contributed by atoms with Crippen molar-refractivity contribution in [2.24, 2.45) is 0 Å². The number of carboxylic acids is 1. The summed E-state index contributed by atoms with van der Waals surface area (Å²) in [6.45, 7) is 3.77. The second-order valence-corrected chi connectivity index (χ2v) is 5.73. The molecule has 0 fully saturated rings. The Kier molecular flexibility index (Phi) is 7.14. The number of ether oxygens (including phenoxy) is 1. The largest absolute Gasteiger partial charge is 0.492 e. The number of benzene rings is 1. The van der Waals surface area contributed by atoms with Crippen molar-refractivity contribution in [2.45, 2.75) is 6.92 Å². The number of hydrogen-bond donors (Lipinski definition) is 2. The number of hydrogen-bond acceptors (Lipinski definition) is 4. The van der Waals surface area contributed by atoms with E-state index >= 15 is 0 Å². The summed E-state index contributed by atoms with van der Waals surface area (Å²) in [6.07, 6.45) is 0. The van der Waals surface area contributed by atoms with Crippen LogP contribution in [0.15, 0.2) is 24.3 Å². The first-order valence-corrected chi connectivity index (χ1v) is 7.64. The summed E-state index contributed by atoms with van der Waals surface area (Å²) in [5, 5.41) is 11.9. The molecule has 1 unspecified atom stereocenters. The molecule has 0 aromatic heterocycles. The van der Waals surface area contributed by atoms with Crippen molar-refractivity contribution in [3.63, 3.8) is 0 Å². The lowest BCUT2D eigenvalue weighted by molar-refractivity contribution is 0.0697. The second-order valence-electron chi connectivity index (χ2n) is 3.86. The van der Waals surface area contributed by atoms with E-state index in [-0.39, 0.29) is 5.56 Å². The second kappa shape index (κ2) is 8.66. The maximum Gasteiger partial charge on any atom is 0.335 e. The summed E-state index contributed by atoms with van der Waals surface area (Å²) in [4.78, 5) is 10.6. The Morgan fingerprint density at radius 1 is 1.32 bits per heavy atom. The molecule has 19 heavy (non-hydrogen) atoms. The van der Waals surface area contributed by atoms with Crippen molar-refractivity contribution in [2.75, 3.05) is 31.2 Å². The Bertz CT molecular complexity index is 419. The van der Waals surface area contributed by atoms with Crippen LogP contribution in [-0.4, -0.2) is 46.5 Å². The fraction of sp³-hybridized carbons (Fsp3) is 0.462. The van der Waals surface area contributed by atoms with Crippen molar-refractivity contribution < 1.29 is 18.8 Å². The molecule has 0 amide bonds. The molecule has 0 aliphatic heterocycles. The lowest BCUT2D eigenvalue weighted by atomic mass is 10.2. The van der Waals surface area contributed by atoms with Gasteiger partial charge < -0.3 is 15.2 Å². The number of nitrogens with one attached hydrogen (secondary N) is 1. The SMILES string of the molecule is CCS(=O)CCNCCOc1ccc(C(=O)O)cc1. The van der Waals surface area contributed by atoms with Crippen LogP contribution in [0.2, 0.25) is 0 Å². The molecule has 0 saturated carbocycles. The van der Waals surface area contributed by atoms with Crippen LogP contribution in [0.1, 0.15) is 17.3 Å². The van der Waals surface area contributed by atoms with Crippen LogP contribution in [0.5, 0.6) is 5.75 Å². The van der Waals surface area contributed by atoms with Gasteiger partial charge in [0.2, 0.25) is 0 Å². The lowest BCUT2D eigenvalue weighted by Crippen LogP contribution is -2.25. The van der Waals surface area contributed by atoms with Crippen LogP contribution in [-0.2, 0) is 10.8 Å². The van der Waals surface area contributed by atoms with Gasteiger partial charge >= 0.3 is 5.97 Å². The van der Waals surface area contributed by atoms with Gasteiger partial charge in [0.25, 0.3) is 0 Å². The van der Waals surface area contributed by atoms with E-state index in [1.54, 1.807) is 12.1 Å². The van der Waals surface area contributed by atoms with E-state index in [4.69, 9.17) is 9.84 Å². The van der Waals surface area contributed by atoms with Gasteiger partial charge in [-0.3, -0.25) is 4.21 Å². The first-order valence-electron chi connectivity index (χ1n) is 6.15. The van der Waals surface area contributed by atoms with Crippen LogP contribution < -0.4 is 10.1 Å². The molecule has 0 radical (unpaired) electrons. The molecule has 1 aromatic carbocycles. The quantitative estimate of drug-likeness (QED) is 0.665. The molecule has 6 heteroatoms. The van der Waals surface area contributed by atoms with Crippen LogP contribution in [0.25, 0.3) is 0 Å². The van der Waals surface area contributed by atoms with Crippen LogP contribution in [0.4, 0.5) is 0 Å². The third-order valence-corrected chi connectivity index (χ3v) is 3.78. The van der Waals surface area contributed by atoms with Crippen LogP contribution in [0.3, 0.4) is 0 Å². The molecule has 0 bridgehead atoms. The fourth-order valence-electron chi connectivity index (χ4n) is 1.39. The molecule has 0 aliphatic carbocycles. The Labute approximate surface area is 115 Å². The van der Waals surface area contributed by atoms with Gasteiger partial charge in [0.1, 0.15) is 12.4 Å². The van der Waals surface area contributed by atoms with E-state index in [1.165, 1.54) is 12.1 Å². The van der Waals surface area contributed by atoms with E-state index in [0.29, 0.717) is 37.0 Å². The zero-order valence-corrected chi connectivity index (χ0v) is 11.7. The lowest BCUT2D eigenvalue weighted by Gasteiger charge is -2.07. The molecule has 1 rings (SSSR count). The summed E-state index contributed by atoms with van der Waals surface area (Å²) in [5.41, 5.74) is 0.243. The maximum atomic E-state index is 11.1. The number of carbonyl (C=O) groups is 1. The summed E-state index contributed by atoms with van der Waals surface area (Å²) in [7, 11) is -0.734. The van der Waals surface area contributed by atoms with Crippen molar-refractivity contribution in [3.05, 3.63) is 29.8 Å². The molecular weight excluding hydrogens is 266 g/mol. The summed E-state index contributed by atoms with van der Waals surface area (Å²) < 4.78 is 16.6. The minimum absolute atomic E-state index is 0.243. The average Bonchev–Trinajstić information content (AvgIpc) is 2.42. The molecule has 1 aromatic rings. The smallest absolute Gasteiger partial charge is 0.335 e. The molecule has 106 valence electrons. The normalized spacial score (nSPS) is 12.1. The highest BCUT2D eigenvalue weighted by Gasteiger charge is 2.01. The van der Waals surface area contributed by atoms with Gasteiger partial charge in [0.15, 0.2) is 0 Å². The van der Waals surface area contributed by atoms with E-state index < -0.39 is 16.8 Å². The first kappa shape index (κ1) is 15.7. The van der Waals surface area contributed by atoms with E-state index in [0.717, 1.165) is 0 Å². The molecular formula is C13H19NO4S. The van der Waals surface area contributed by atoms with Crippen molar-refractivity contribution in [1.82, 2.24) is 5.32 Å². The fourth-order valence-corrected chi connectivity index (χ4v) is 2.05. The zero-order valence-electron chi connectivity index (χ0n) is 10.9. The van der Waals surface area contributed by atoms with E-state index in [9.17, 15) is 9.00 Å². The highest BCUT2D eigenvalue weighted by Crippen LogP contribution is 2.11. The maximum absolute atomic E-state index is 11.1. The van der Waals surface area contributed by atoms with Gasteiger partial charge in [-0.15, -0.1) is 0 Å². The van der Waals surface area contributed by atoms with Gasteiger partial charge in [-0.2, -0.15) is 0 Å². The summed E-state index contributed by atoms with van der Waals surface area (Å²) >= 11 is 0. The molecule has 0 aliphatic rings. The zero-order chi connectivity index (χ0) is 14.1. The van der Waals surface area contributed by atoms with Gasteiger partial charge in [0.05, 0.1) is 5.56 Å². The number of aromatic carboxylic acids is 1. The van der Waals surface area contributed by atoms with Crippen molar-refractivity contribution in [3.8, 4) is 5.75 Å². The third kappa shape index (κ3) is 6.35. The van der Waals surface area contributed by atoms with Crippen LogP contribution >= 0.6 is 0 Å². The highest BCUT2D eigenvalue weighted by atomic mass is 32.2. The highest BCUT2D eigenvalue weighted by molar-refractivity contribution is 7.84. The average molecular weight is 285 g/mol.